The first-order valence-corrected chi connectivity index (χ1v) is 10.9. The van der Waals surface area contributed by atoms with Crippen molar-refractivity contribution in [2.75, 3.05) is 37.4 Å². The van der Waals surface area contributed by atoms with Gasteiger partial charge in [0.15, 0.2) is 5.16 Å². The molecule has 29 heavy (non-hydrogen) atoms. The van der Waals surface area contributed by atoms with E-state index in [0.29, 0.717) is 23.1 Å². The maximum Gasteiger partial charge on any atom is 0.305 e. The third-order valence-corrected chi connectivity index (χ3v) is 5.79. The van der Waals surface area contributed by atoms with E-state index in [2.05, 4.69) is 25.2 Å². The Kier molecular flexibility index (Phi) is 7.76. The van der Waals surface area contributed by atoms with Gasteiger partial charge in [-0.1, -0.05) is 35.5 Å². The van der Waals surface area contributed by atoms with E-state index in [1.54, 1.807) is 0 Å². The molecule has 0 atom stereocenters. The van der Waals surface area contributed by atoms with Gasteiger partial charge in [-0.2, -0.15) is 0 Å². The van der Waals surface area contributed by atoms with Crippen LogP contribution in [0.1, 0.15) is 25.7 Å². The molecule has 0 unspecified atom stereocenters. The predicted molar refractivity (Wildman–Crippen MR) is 113 cm³/mol. The Labute approximate surface area is 178 Å². The van der Waals surface area contributed by atoms with Crippen molar-refractivity contribution in [2.45, 2.75) is 30.8 Å². The second-order valence-electron chi connectivity index (χ2n) is 6.58. The fourth-order valence-electron chi connectivity index (χ4n) is 3.07. The lowest BCUT2D eigenvalue weighted by molar-refractivity contribution is -0.140. The third kappa shape index (κ3) is 5.63. The number of ether oxygens (including phenoxy) is 1. The van der Waals surface area contributed by atoms with Gasteiger partial charge in [-0.05, 0) is 31.4 Å². The van der Waals surface area contributed by atoms with Crippen LogP contribution in [0.3, 0.4) is 0 Å². The van der Waals surface area contributed by atoms with Gasteiger partial charge >= 0.3 is 5.97 Å². The smallest absolute Gasteiger partial charge is 0.305 e. The van der Waals surface area contributed by atoms with Crippen molar-refractivity contribution >= 4 is 41.2 Å². The van der Waals surface area contributed by atoms with E-state index in [-0.39, 0.29) is 24.1 Å². The number of aromatic nitrogens is 3. The van der Waals surface area contributed by atoms with Crippen molar-refractivity contribution < 1.29 is 14.3 Å². The fraction of sp³-hybridized carbons (Fsp3) is 0.474. The standard InChI is InChI=1S/C19H24ClN5O3S/c1-28-17(27)9-6-10-21-16(26)13-29-19-23-22-18(24-11-4-5-12-24)25(19)15-8-3-2-7-14(15)20/h2-3,7-8H,4-6,9-13H2,1H3,(H,21,26). The largest absolute Gasteiger partial charge is 0.469 e. The number of nitrogens with one attached hydrogen (secondary N) is 1. The Morgan fingerprint density at radius 1 is 1.24 bits per heavy atom. The summed E-state index contributed by atoms with van der Waals surface area (Å²) >= 11 is 7.74. The normalized spacial score (nSPS) is 13.5. The summed E-state index contributed by atoms with van der Waals surface area (Å²) in [6.07, 6.45) is 3.06. The number of hydrogen-bond donors (Lipinski definition) is 1. The molecule has 1 amide bonds. The Bertz CT molecular complexity index is 854. The number of nitrogens with zero attached hydrogens (tertiary/aromatic N) is 4. The first kappa shape index (κ1) is 21.4. The topological polar surface area (TPSA) is 89.3 Å². The molecule has 0 bridgehead atoms. The van der Waals surface area contributed by atoms with Gasteiger partial charge in [-0.25, -0.2) is 0 Å². The van der Waals surface area contributed by atoms with Crippen LogP contribution >= 0.6 is 23.4 Å². The highest BCUT2D eigenvalue weighted by Gasteiger charge is 2.23. The number of methoxy groups -OCH3 is 1. The quantitative estimate of drug-likeness (QED) is 0.366. The molecule has 1 aliphatic rings. The Hall–Kier alpha value is -2.26. The minimum atomic E-state index is -0.282. The Balaban J connectivity index is 1.67. The molecule has 8 nitrogen and oxygen atoms in total. The minimum absolute atomic E-state index is 0.128. The summed E-state index contributed by atoms with van der Waals surface area (Å²) in [5, 5.41) is 12.7. The summed E-state index contributed by atoms with van der Waals surface area (Å²) in [6.45, 7) is 2.27. The zero-order valence-corrected chi connectivity index (χ0v) is 17.8. The molecular formula is C19H24ClN5O3S. The van der Waals surface area contributed by atoms with Crippen molar-refractivity contribution in [1.82, 2.24) is 20.1 Å². The summed E-state index contributed by atoms with van der Waals surface area (Å²) < 4.78 is 6.50. The average Bonchev–Trinajstić information content (AvgIpc) is 3.39. The van der Waals surface area contributed by atoms with Gasteiger partial charge in [0.1, 0.15) is 0 Å². The van der Waals surface area contributed by atoms with E-state index >= 15 is 0 Å². The summed E-state index contributed by atoms with van der Waals surface area (Å²) in [7, 11) is 1.35. The van der Waals surface area contributed by atoms with Crippen molar-refractivity contribution in [1.29, 1.82) is 0 Å². The molecule has 156 valence electrons. The van der Waals surface area contributed by atoms with Gasteiger partial charge < -0.3 is 15.0 Å². The van der Waals surface area contributed by atoms with Crippen LogP contribution in [-0.4, -0.2) is 59.1 Å². The van der Waals surface area contributed by atoms with E-state index in [1.807, 2.05) is 28.8 Å². The van der Waals surface area contributed by atoms with Gasteiger partial charge in [-0.15, -0.1) is 10.2 Å². The molecule has 10 heteroatoms. The molecule has 0 aliphatic carbocycles. The number of halogens is 1. The number of carbonyl (C=O) groups is 2. The lowest BCUT2D eigenvalue weighted by Gasteiger charge is -2.19. The van der Waals surface area contributed by atoms with Gasteiger partial charge in [0.05, 0.1) is 23.6 Å². The second kappa shape index (κ2) is 10.5. The van der Waals surface area contributed by atoms with Crippen molar-refractivity contribution in [2.24, 2.45) is 0 Å². The SMILES string of the molecule is COC(=O)CCCNC(=O)CSc1nnc(N2CCCC2)n1-c1ccccc1Cl. The summed E-state index contributed by atoms with van der Waals surface area (Å²) in [4.78, 5) is 25.5. The highest BCUT2D eigenvalue weighted by atomic mass is 35.5. The maximum atomic E-state index is 12.2. The summed E-state index contributed by atoms with van der Waals surface area (Å²) in [5.74, 6) is 0.532. The van der Waals surface area contributed by atoms with Gasteiger partial charge in [0, 0.05) is 26.1 Å². The molecule has 1 N–H and O–H groups in total. The number of esters is 1. The number of amides is 1. The monoisotopic (exact) mass is 437 g/mol. The zero-order valence-electron chi connectivity index (χ0n) is 16.3. The number of benzene rings is 1. The minimum Gasteiger partial charge on any atom is -0.469 e. The van der Waals surface area contributed by atoms with Crippen LogP contribution < -0.4 is 10.2 Å². The molecule has 2 heterocycles. The Morgan fingerprint density at radius 2 is 2.00 bits per heavy atom. The van der Waals surface area contributed by atoms with Crippen LogP contribution in [0.4, 0.5) is 5.95 Å². The number of hydrogen-bond acceptors (Lipinski definition) is 7. The van der Waals surface area contributed by atoms with E-state index in [0.717, 1.165) is 37.6 Å². The van der Waals surface area contributed by atoms with Crippen LogP contribution in [0.25, 0.3) is 5.69 Å². The first-order chi connectivity index (χ1) is 14.1. The third-order valence-electron chi connectivity index (χ3n) is 4.54. The summed E-state index contributed by atoms with van der Waals surface area (Å²) in [6, 6.07) is 7.53. The van der Waals surface area contributed by atoms with Gasteiger partial charge in [-0.3, -0.25) is 14.2 Å². The van der Waals surface area contributed by atoms with Gasteiger partial charge in [0.2, 0.25) is 11.9 Å². The zero-order chi connectivity index (χ0) is 20.6. The van der Waals surface area contributed by atoms with Crippen LogP contribution in [0, 0.1) is 0 Å². The van der Waals surface area contributed by atoms with Gasteiger partial charge in [0.25, 0.3) is 0 Å². The van der Waals surface area contributed by atoms with Crippen LogP contribution in [0.15, 0.2) is 29.4 Å². The summed E-state index contributed by atoms with van der Waals surface area (Å²) in [5.41, 5.74) is 0.794. The Morgan fingerprint density at radius 3 is 2.72 bits per heavy atom. The molecule has 1 fully saturated rings. The highest BCUT2D eigenvalue weighted by Crippen LogP contribution is 2.31. The lowest BCUT2D eigenvalue weighted by Crippen LogP contribution is -2.26. The number of anilines is 1. The molecule has 0 spiro atoms. The van der Waals surface area contributed by atoms with E-state index < -0.39 is 0 Å². The molecule has 1 saturated heterocycles. The van der Waals surface area contributed by atoms with E-state index in [9.17, 15) is 9.59 Å². The average molecular weight is 438 g/mol. The predicted octanol–water partition coefficient (Wildman–Crippen LogP) is 2.68. The molecule has 0 saturated carbocycles. The van der Waals surface area contributed by atoms with E-state index in [1.165, 1.54) is 18.9 Å². The molecule has 2 aromatic rings. The molecule has 1 aromatic heterocycles. The number of rotatable bonds is 9. The van der Waals surface area contributed by atoms with E-state index in [4.69, 9.17) is 11.6 Å². The number of para-hydroxylation sites is 1. The van der Waals surface area contributed by atoms with Crippen LogP contribution in [0.5, 0.6) is 0 Å². The molecule has 3 rings (SSSR count). The fourth-order valence-corrected chi connectivity index (χ4v) is 4.06. The molecular weight excluding hydrogens is 414 g/mol. The van der Waals surface area contributed by atoms with Crippen LogP contribution in [-0.2, 0) is 14.3 Å². The van der Waals surface area contributed by atoms with Crippen LogP contribution in [0.2, 0.25) is 5.02 Å². The maximum absolute atomic E-state index is 12.2. The molecule has 1 aromatic carbocycles. The highest BCUT2D eigenvalue weighted by molar-refractivity contribution is 7.99. The second-order valence-corrected chi connectivity index (χ2v) is 7.93. The molecule has 1 aliphatic heterocycles. The number of carbonyl (C=O) groups excluding carboxylic acids is 2. The first-order valence-electron chi connectivity index (χ1n) is 9.51. The lowest BCUT2D eigenvalue weighted by atomic mass is 10.3. The van der Waals surface area contributed by atoms with Crippen molar-refractivity contribution in [3.8, 4) is 5.69 Å². The number of thioether (sulfide) groups is 1. The molecule has 0 radical (unpaired) electrons. The van der Waals surface area contributed by atoms with Crippen molar-refractivity contribution in [3.63, 3.8) is 0 Å². The van der Waals surface area contributed by atoms with Crippen molar-refractivity contribution in [3.05, 3.63) is 29.3 Å².